The van der Waals surface area contributed by atoms with Crippen molar-refractivity contribution < 1.29 is 9.84 Å². The summed E-state index contributed by atoms with van der Waals surface area (Å²) >= 11 is 0. The number of hydrogen-bond acceptors (Lipinski definition) is 7. The maximum atomic E-state index is 10.4. The molecule has 0 radical (unpaired) electrons. The Bertz CT molecular complexity index is 580. The molecule has 0 saturated carbocycles. The molecule has 1 aliphatic heterocycles. The van der Waals surface area contributed by atoms with Gasteiger partial charge in [-0.25, -0.2) is 4.98 Å². The minimum atomic E-state index is -0.898. The third-order valence-corrected chi connectivity index (χ3v) is 3.46. The van der Waals surface area contributed by atoms with Gasteiger partial charge >= 0.3 is 0 Å². The molecule has 0 aromatic carbocycles. The molecule has 8 nitrogen and oxygen atoms in total. The lowest BCUT2D eigenvalue weighted by molar-refractivity contribution is -0.0265. The Labute approximate surface area is 128 Å². The van der Waals surface area contributed by atoms with Crippen molar-refractivity contribution in [3.63, 3.8) is 0 Å². The van der Waals surface area contributed by atoms with Gasteiger partial charge in [-0.1, -0.05) is 0 Å². The van der Waals surface area contributed by atoms with Crippen LogP contribution in [0, 0.1) is 0 Å². The summed E-state index contributed by atoms with van der Waals surface area (Å²) in [6.07, 6.45) is 3.41. The standard InChI is InChI=1S/C14H20N6O2/c21-14(8-16-5-6-22-10-14)9-17-7-12-18-13(20-19-12)11-1-3-15-4-2-11/h1-4,16-17,21H,5-10H2,(H,18,19,20)/t14-/m0/s1. The lowest BCUT2D eigenvalue weighted by atomic mass is 10.1. The molecule has 1 atom stereocenters. The Morgan fingerprint density at radius 1 is 1.36 bits per heavy atom. The van der Waals surface area contributed by atoms with E-state index in [1.807, 2.05) is 12.1 Å². The first-order chi connectivity index (χ1) is 10.8. The van der Waals surface area contributed by atoms with E-state index < -0.39 is 5.60 Å². The molecule has 3 heterocycles. The van der Waals surface area contributed by atoms with Gasteiger partial charge in [0.25, 0.3) is 0 Å². The predicted molar refractivity (Wildman–Crippen MR) is 80.0 cm³/mol. The fourth-order valence-electron chi connectivity index (χ4n) is 2.31. The average molecular weight is 304 g/mol. The van der Waals surface area contributed by atoms with E-state index in [9.17, 15) is 5.11 Å². The number of H-pyrrole nitrogens is 1. The van der Waals surface area contributed by atoms with Crippen LogP contribution in [0.1, 0.15) is 5.82 Å². The number of hydrogen-bond donors (Lipinski definition) is 4. The van der Waals surface area contributed by atoms with Gasteiger partial charge in [0.05, 0.1) is 19.8 Å². The number of aromatic nitrogens is 4. The minimum Gasteiger partial charge on any atom is -0.385 e. The molecule has 2 aromatic rings. The first-order valence-electron chi connectivity index (χ1n) is 7.28. The number of pyridine rings is 1. The number of aromatic amines is 1. The van der Waals surface area contributed by atoms with Crippen molar-refractivity contribution in [3.05, 3.63) is 30.4 Å². The highest BCUT2D eigenvalue weighted by molar-refractivity contribution is 5.52. The summed E-state index contributed by atoms with van der Waals surface area (Å²) in [5.41, 5.74) is 0.0160. The van der Waals surface area contributed by atoms with Gasteiger partial charge in [0.1, 0.15) is 11.4 Å². The number of nitrogens with one attached hydrogen (secondary N) is 3. The Morgan fingerprint density at radius 3 is 3.09 bits per heavy atom. The first kappa shape index (κ1) is 15.0. The predicted octanol–water partition coefficient (Wildman–Crippen LogP) is -0.693. The van der Waals surface area contributed by atoms with Crippen molar-refractivity contribution in [3.8, 4) is 11.4 Å². The molecule has 1 saturated heterocycles. The summed E-state index contributed by atoms with van der Waals surface area (Å²) in [6.45, 7) is 3.15. The zero-order chi connectivity index (χ0) is 15.3. The molecule has 0 aliphatic carbocycles. The fourth-order valence-corrected chi connectivity index (χ4v) is 2.31. The zero-order valence-electron chi connectivity index (χ0n) is 12.2. The molecular weight excluding hydrogens is 284 g/mol. The molecule has 0 unspecified atom stereocenters. The van der Waals surface area contributed by atoms with Gasteiger partial charge in [0, 0.05) is 37.6 Å². The lowest BCUT2D eigenvalue weighted by Gasteiger charge is -2.25. The minimum absolute atomic E-state index is 0.325. The third kappa shape index (κ3) is 3.86. The quantitative estimate of drug-likeness (QED) is 0.579. The third-order valence-electron chi connectivity index (χ3n) is 3.46. The number of ether oxygens (including phenoxy) is 1. The number of nitrogens with zero attached hydrogens (tertiary/aromatic N) is 3. The second-order valence-corrected chi connectivity index (χ2v) is 5.40. The molecule has 2 aromatic heterocycles. The molecule has 0 spiro atoms. The van der Waals surface area contributed by atoms with Gasteiger partial charge in [0.2, 0.25) is 0 Å². The monoisotopic (exact) mass is 304 g/mol. The van der Waals surface area contributed by atoms with Crippen molar-refractivity contribution in [1.29, 1.82) is 0 Å². The van der Waals surface area contributed by atoms with E-state index in [0.29, 0.717) is 38.7 Å². The lowest BCUT2D eigenvalue weighted by Crippen LogP contribution is -2.50. The van der Waals surface area contributed by atoms with Gasteiger partial charge in [-0.2, -0.15) is 5.10 Å². The Balaban J connectivity index is 1.53. The van der Waals surface area contributed by atoms with Crippen LogP contribution in [0.4, 0.5) is 0 Å². The summed E-state index contributed by atoms with van der Waals surface area (Å²) < 4.78 is 5.38. The summed E-state index contributed by atoms with van der Waals surface area (Å²) in [4.78, 5) is 8.39. The Hall–Kier alpha value is -1.87. The van der Waals surface area contributed by atoms with Crippen molar-refractivity contribution in [1.82, 2.24) is 30.8 Å². The zero-order valence-corrected chi connectivity index (χ0v) is 12.2. The smallest absolute Gasteiger partial charge is 0.181 e. The van der Waals surface area contributed by atoms with Crippen LogP contribution in [-0.2, 0) is 11.3 Å². The van der Waals surface area contributed by atoms with Crippen LogP contribution in [0.2, 0.25) is 0 Å². The molecule has 118 valence electrons. The average Bonchev–Trinajstić information content (AvgIpc) is 2.90. The van der Waals surface area contributed by atoms with Crippen LogP contribution in [0.15, 0.2) is 24.5 Å². The molecular formula is C14H20N6O2. The van der Waals surface area contributed by atoms with Crippen LogP contribution in [0.5, 0.6) is 0 Å². The summed E-state index contributed by atoms with van der Waals surface area (Å²) in [7, 11) is 0. The molecule has 1 fully saturated rings. The molecule has 1 aliphatic rings. The van der Waals surface area contributed by atoms with E-state index in [2.05, 4.69) is 30.8 Å². The van der Waals surface area contributed by atoms with Gasteiger partial charge in [-0.3, -0.25) is 10.1 Å². The SMILES string of the molecule is O[C@]1(CNCc2nc(-c3ccncc3)n[nH]2)CNCCOC1. The molecule has 3 rings (SSSR count). The summed E-state index contributed by atoms with van der Waals surface area (Å²) in [5, 5.41) is 23.8. The van der Waals surface area contributed by atoms with Gasteiger partial charge in [0.15, 0.2) is 5.82 Å². The molecule has 8 heteroatoms. The molecule has 22 heavy (non-hydrogen) atoms. The van der Waals surface area contributed by atoms with Crippen LogP contribution in [0.3, 0.4) is 0 Å². The van der Waals surface area contributed by atoms with Crippen LogP contribution >= 0.6 is 0 Å². The largest absolute Gasteiger partial charge is 0.385 e. The van der Waals surface area contributed by atoms with E-state index in [-0.39, 0.29) is 0 Å². The summed E-state index contributed by atoms with van der Waals surface area (Å²) in [5.74, 6) is 1.36. The van der Waals surface area contributed by atoms with Gasteiger partial charge in [-0.15, -0.1) is 0 Å². The van der Waals surface area contributed by atoms with E-state index in [0.717, 1.165) is 17.9 Å². The second-order valence-electron chi connectivity index (χ2n) is 5.40. The van der Waals surface area contributed by atoms with E-state index in [1.54, 1.807) is 12.4 Å². The van der Waals surface area contributed by atoms with Crippen molar-refractivity contribution >= 4 is 0 Å². The number of rotatable bonds is 5. The van der Waals surface area contributed by atoms with Gasteiger partial charge < -0.3 is 20.5 Å². The number of β-amino-alcohol motifs (C(OH)–C–C–N with tert-alkyl or cyclic N) is 1. The Kier molecular flexibility index (Phi) is 4.74. The molecule has 4 N–H and O–H groups in total. The van der Waals surface area contributed by atoms with Crippen molar-refractivity contribution in [2.24, 2.45) is 0 Å². The molecule has 0 amide bonds. The highest BCUT2D eigenvalue weighted by Crippen LogP contribution is 2.12. The fraction of sp³-hybridized carbons (Fsp3) is 0.500. The van der Waals surface area contributed by atoms with Crippen LogP contribution < -0.4 is 10.6 Å². The van der Waals surface area contributed by atoms with E-state index in [1.165, 1.54) is 0 Å². The number of aliphatic hydroxyl groups is 1. The second kappa shape index (κ2) is 6.93. The first-order valence-corrected chi connectivity index (χ1v) is 7.28. The van der Waals surface area contributed by atoms with Gasteiger partial charge in [-0.05, 0) is 12.1 Å². The normalized spacial score (nSPS) is 22.4. The summed E-state index contributed by atoms with van der Waals surface area (Å²) in [6, 6.07) is 3.72. The topological polar surface area (TPSA) is 108 Å². The maximum absolute atomic E-state index is 10.4. The van der Waals surface area contributed by atoms with Crippen LogP contribution in [0.25, 0.3) is 11.4 Å². The van der Waals surface area contributed by atoms with E-state index >= 15 is 0 Å². The van der Waals surface area contributed by atoms with Crippen molar-refractivity contribution in [2.75, 3.05) is 32.8 Å². The molecule has 0 bridgehead atoms. The van der Waals surface area contributed by atoms with Crippen molar-refractivity contribution in [2.45, 2.75) is 12.1 Å². The Morgan fingerprint density at radius 2 is 2.23 bits per heavy atom. The van der Waals surface area contributed by atoms with E-state index in [4.69, 9.17) is 4.74 Å². The van der Waals surface area contributed by atoms with Crippen LogP contribution in [-0.4, -0.2) is 63.7 Å². The maximum Gasteiger partial charge on any atom is 0.181 e. The highest BCUT2D eigenvalue weighted by Gasteiger charge is 2.28. The highest BCUT2D eigenvalue weighted by atomic mass is 16.5.